The van der Waals surface area contributed by atoms with Gasteiger partial charge in [0.05, 0.1) is 7.11 Å². The predicted octanol–water partition coefficient (Wildman–Crippen LogP) is 2.37. The van der Waals surface area contributed by atoms with E-state index in [0.717, 1.165) is 5.75 Å². The fourth-order valence-electron chi connectivity index (χ4n) is 1.11. The van der Waals surface area contributed by atoms with Crippen molar-refractivity contribution in [3.8, 4) is 5.88 Å². The first-order valence-corrected chi connectivity index (χ1v) is 5.42. The number of nitrogens with zero attached hydrogens (tertiary/aromatic N) is 2. The van der Waals surface area contributed by atoms with Crippen LogP contribution in [0.4, 0.5) is 0 Å². The smallest absolute Gasteiger partial charge is 0.289 e. The topological polar surface area (TPSA) is 48.2 Å². The number of hydrogen-bond donors (Lipinski definition) is 0. The number of methoxy groups -OCH3 is 1. The molecule has 0 bridgehead atoms. The van der Waals surface area contributed by atoms with Gasteiger partial charge in [0.1, 0.15) is 0 Å². The third-order valence-corrected chi connectivity index (χ3v) is 2.84. The molecule has 1 aromatic heterocycles. The number of ether oxygens (including phenoxy) is 1. The predicted molar refractivity (Wildman–Crippen MR) is 56.9 cm³/mol. The minimum absolute atomic E-state index is 0.441. The Balaban J connectivity index is 1.99. The van der Waals surface area contributed by atoms with E-state index in [1.165, 1.54) is 17.3 Å². The highest BCUT2D eigenvalue weighted by Crippen LogP contribution is 2.27. The van der Waals surface area contributed by atoms with Crippen LogP contribution in [0.15, 0.2) is 40.0 Å². The Kier molecular flexibility index (Phi) is 3.24. The van der Waals surface area contributed by atoms with Gasteiger partial charge in [0.2, 0.25) is 5.03 Å². The van der Waals surface area contributed by atoms with Crippen LogP contribution in [-0.4, -0.2) is 17.4 Å². The molecule has 0 saturated carbocycles. The molecule has 0 fully saturated rings. The van der Waals surface area contributed by atoms with Crippen molar-refractivity contribution in [1.82, 2.24) is 10.3 Å². The summed E-state index contributed by atoms with van der Waals surface area (Å²) in [5.41, 5.74) is 1.23. The number of hydrogen-bond acceptors (Lipinski definition) is 5. The van der Waals surface area contributed by atoms with E-state index in [0.29, 0.717) is 10.9 Å². The molecule has 4 nitrogen and oxygen atoms in total. The average Bonchev–Trinajstić information content (AvgIpc) is 2.75. The van der Waals surface area contributed by atoms with Gasteiger partial charge in [-0.25, -0.2) is 4.63 Å². The fraction of sp³-hybridized carbons (Fsp3) is 0.200. The third-order valence-electron chi connectivity index (χ3n) is 1.84. The number of thioether (sulfide) groups is 1. The zero-order valence-electron chi connectivity index (χ0n) is 8.21. The van der Waals surface area contributed by atoms with Crippen LogP contribution in [0.3, 0.4) is 0 Å². The number of rotatable bonds is 4. The minimum atomic E-state index is 0.441. The summed E-state index contributed by atoms with van der Waals surface area (Å²) < 4.78 is 9.56. The van der Waals surface area contributed by atoms with Crippen molar-refractivity contribution in [3.05, 3.63) is 35.9 Å². The van der Waals surface area contributed by atoms with Crippen LogP contribution in [0.5, 0.6) is 5.88 Å². The molecule has 15 heavy (non-hydrogen) atoms. The van der Waals surface area contributed by atoms with Gasteiger partial charge < -0.3 is 4.74 Å². The molecule has 0 amide bonds. The minimum Gasteiger partial charge on any atom is -0.477 e. The van der Waals surface area contributed by atoms with Crippen molar-refractivity contribution in [3.63, 3.8) is 0 Å². The summed E-state index contributed by atoms with van der Waals surface area (Å²) in [5.74, 6) is 1.27. The maximum absolute atomic E-state index is 4.99. The lowest BCUT2D eigenvalue weighted by atomic mass is 10.2. The zero-order chi connectivity index (χ0) is 10.5. The first kappa shape index (κ1) is 10.0. The summed E-state index contributed by atoms with van der Waals surface area (Å²) in [6, 6.07) is 10.1. The molecule has 0 aliphatic carbocycles. The van der Waals surface area contributed by atoms with Crippen LogP contribution in [-0.2, 0) is 5.75 Å². The first-order chi connectivity index (χ1) is 7.40. The third kappa shape index (κ3) is 2.50. The molecule has 0 spiro atoms. The molecule has 0 radical (unpaired) electrons. The Hall–Kier alpha value is -1.49. The van der Waals surface area contributed by atoms with E-state index >= 15 is 0 Å². The second-order valence-electron chi connectivity index (χ2n) is 2.85. The molecular formula is C10H10N2O2S. The van der Waals surface area contributed by atoms with E-state index in [1.807, 2.05) is 18.2 Å². The van der Waals surface area contributed by atoms with Gasteiger partial charge in [-0.05, 0) is 15.9 Å². The molecule has 0 N–H and O–H groups in total. The van der Waals surface area contributed by atoms with Gasteiger partial charge in [-0.15, -0.1) is 0 Å². The Labute approximate surface area is 91.6 Å². The van der Waals surface area contributed by atoms with Gasteiger partial charge in [-0.1, -0.05) is 42.1 Å². The molecule has 0 saturated heterocycles. The van der Waals surface area contributed by atoms with Crippen LogP contribution in [0.25, 0.3) is 0 Å². The Morgan fingerprint density at radius 3 is 2.80 bits per heavy atom. The second kappa shape index (κ2) is 4.84. The van der Waals surface area contributed by atoms with E-state index in [4.69, 9.17) is 4.74 Å². The maximum Gasteiger partial charge on any atom is 0.289 e. The highest BCUT2D eigenvalue weighted by Gasteiger charge is 2.10. The fourth-order valence-corrected chi connectivity index (χ4v) is 1.94. The van der Waals surface area contributed by atoms with Gasteiger partial charge in [0.15, 0.2) is 0 Å². The lowest BCUT2D eigenvalue weighted by Crippen LogP contribution is -1.85. The normalized spacial score (nSPS) is 10.2. The molecule has 0 aliphatic rings. The van der Waals surface area contributed by atoms with Crippen molar-refractivity contribution >= 4 is 11.8 Å². The van der Waals surface area contributed by atoms with Crippen molar-refractivity contribution in [1.29, 1.82) is 0 Å². The van der Waals surface area contributed by atoms with Crippen LogP contribution in [0.1, 0.15) is 5.56 Å². The molecule has 5 heteroatoms. The van der Waals surface area contributed by atoms with Gasteiger partial charge in [-0.2, -0.15) is 0 Å². The first-order valence-electron chi connectivity index (χ1n) is 4.43. The largest absolute Gasteiger partial charge is 0.477 e. The molecule has 2 rings (SSSR count). The summed E-state index contributed by atoms with van der Waals surface area (Å²) in [6.07, 6.45) is 0. The second-order valence-corrected chi connectivity index (χ2v) is 3.82. The van der Waals surface area contributed by atoms with Crippen LogP contribution >= 0.6 is 11.8 Å². The molecule has 1 heterocycles. The van der Waals surface area contributed by atoms with Gasteiger partial charge in [-0.3, -0.25) is 0 Å². The summed E-state index contributed by atoms with van der Waals surface area (Å²) in [6.45, 7) is 0. The van der Waals surface area contributed by atoms with Crippen molar-refractivity contribution in [2.75, 3.05) is 7.11 Å². The zero-order valence-corrected chi connectivity index (χ0v) is 9.03. The van der Waals surface area contributed by atoms with Crippen molar-refractivity contribution in [2.45, 2.75) is 10.8 Å². The van der Waals surface area contributed by atoms with Gasteiger partial charge in [0.25, 0.3) is 5.88 Å². The van der Waals surface area contributed by atoms with E-state index in [9.17, 15) is 0 Å². The maximum atomic E-state index is 4.99. The quantitative estimate of drug-likeness (QED) is 0.743. The summed E-state index contributed by atoms with van der Waals surface area (Å²) >= 11 is 1.54. The van der Waals surface area contributed by atoms with Crippen LogP contribution < -0.4 is 4.74 Å². The lowest BCUT2D eigenvalue weighted by Gasteiger charge is -1.98. The molecule has 78 valence electrons. The number of benzene rings is 1. The van der Waals surface area contributed by atoms with Crippen LogP contribution in [0, 0.1) is 0 Å². The van der Waals surface area contributed by atoms with E-state index in [1.54, 1.807) is 7.11 Å². The Bertz CT molecular complexity index is 416. The summed E-state index contributed by atoms with van der Waals surface area (Å²) in [4.78, 5) is 0. The van der Waals surface area contributed by atoms with E-state index in [2.05, 4.69) is 27.1 Å². The number of aromatic nitrogens is 2. The summed E-state index contributed by atoms with van der Waals surface area (Å²) in [5, 5.41) is 8.05. The van der Waals surface area contributed by atoms with Crippen molar-refractivity contribution < 1.29 is 9.37 Å². The molecular weight excluding hydrogens is 212 g/mol. The Morgan fingerprint density at radius 2 is 2.07 bits per heavy atom. The molecule has 0 unspecified atom stereocenters. The van der Waals surface area contributed by atoms with Crippen molar-refractivity contribution in [2.24, 2.45) is 0 Å². The monoisotopic (exact) mass is 222 g/mol. The summed E-state index contributed by atoms with van der Waals surface area (Å²) in [7, 11) is 1.55. The van der Waals surface area contributed by atoms with E-state index < -0.39 is 0 Å². The lowest BCUT2D eigenvalue weighted by molar-refractivity contribution is 0.279. The SMILES string of the molecule is COc1nonc1SCc1ccccc1. The average molecular weight is 222 g/mol. The van der Waals surface area contributed by atoms with Gasteiger partial charge >= 0.3 is 0 Å². The molecule has 0 atom stereocenters. The van der Waals surface area contributed by atoms with E-state index in [-0.39, 0.29) is 0 Å². The Morgan fingerprint density at radius 1 is 1.27 bits per heavy atom. The highest BCUT2D eigenvalue weighted by molar-refractivity contribution is 7.98. The molecule has 1 aromatic carbocycles. The highest BCUT2D eigenvalue weighted by atomic mass is 32.2. The van der Waals surface area contributed by atoms with Gasteiger partial charge in [0, 0.05) is 5.75 Å². The molecule has 0 aliphatic heterocycles. The van der Waals surface area contributed by atoms with Crippen LogP contribution in [0.2, 0.25) is 0 Å². The molecule has 2 aromatic rings. The standard InChI is InChI=1S/C10H10N2O2S/c1-13-9-10(12-14-11-9)15-7-8-5-3-2-4-6-8/h2-6H,7H2,1H3.